The molecule has 0 aliphatic carbocycles. The highest BCUT2D eigenvalue weighted by atomic mass is 15.2. The topological polar surface area (TPSA) is 59.4 Å². The van der Waals surface area contributed by atoms with Crippen molar-refractivity contribution in [2.24, 2.45) is 0 Å². The number of nitrogens with zero attached hydrogens (tertiary/aromatic N) is 4. The standard InChI is InChI=1S/C30H21N5/c1-19-12-15-26-24(18-19)22-13-14-25-23(16-17-31-25)27(22)35(26)30-33-28(20-8-4-2-5-9-20)32-29(34-30)21-10-6-3-7-11-21/h2-18,31H,1H3. The van der Waals surface area contributed by atoms with Crippen LogP contribution in [-0.2, 0) is 0 Å². The molecule has 0 fully saturated rings. The molecule has 0 atom stereocenters. The van der Waals surface area contributed by atoms with E-state index in [0.29, 0.717) is 17.6 Å². The van der Waals surface area contributed by atoms with Crippen LogP contribution in [0.2, 0.25) is 0 Å². The quantitative estimate of drug-likeness (QED) is 0.312. The molecule has 7 aromatic rings. The van der Waals surface area contributed by atoms with Gasteiger partial charge in [-0.15, -0.1) is 0 Å². The number of fused-ring (bicyclic) bond motifs is 5. The minimum absolute atomic E-state index is 0.607. The van der Waals surface area contributed by atoms with Crippen LogP contribution in [-0.4, -0.2) is 24.5 Å². The maximum absolute atomic E-state index is 5.02. The number of H-pyrrole nitrogens is 1. The number of aromatic amines is 1. The van der Waals surface area contributed by atoms with E-state index in [4.69, 9.17) is 15.0 Å². The molecule has 0 radical (unpaired) electrons. The molecule has 0 saturated heterocycles. The lowest BCUT2D eigenvalue weighted by atomic mass is 10.1. The van der Waals surface area contributed by atoms with E-state index in [1.54, 1.807) is 0 Å². The number of hydrogen-bond donors (Lipinski definition) is 1. The van der Waals surface area contributed by atoms with Crippen molar-refractivity contribution in [1.82, 2.24) is 24.5 Å². The van der Waals surface area contributed by atoms with E-state index in [2.05, 4.69) is 52.9 Å². The van der Waals surface area contributed by atoms with Gasteiger partial charge in [-0.25, -0.2) is 4.98 Å². The van der Waals surface area contributed by atoms with Crippen LogP contribution in [0.15, 0.2) is 103 Å². The van der Waals surface area contributed by atoms with Crippen molar-refractivity contribution in [2.75, 3.05) is 0 Å². The van der Waals surface area contributed by atoms with E-state index in [1.165, 1.54) is 16.3 Å². The lowest BCUT2D eigenvalue weighted by Crippen LogP contribution is -2.06. The van der Waals surface area contributed by atoms with Crippen molar-refractivity contribution < 1.29 is 0 Å². The zero-order valence-electron chi connectivity index (χ0n) is 19.1. The highest BCUT2D eigenvalue weighted by molar-refractivity contribution is 6.18. The summed E-state index contributed by atoms with van der Waals surface area (Å²) in [6.45, 7) is 2.13. The maximum atomic E-state index is 5.02. The molecular weight excluding hydrogens is 430 g/mol. The molecule has 0 bridgehead atoms. The molecule has 7 rings (SSSR count). The summed E-state index contributed by atoms with van der Waals surface area (Å²) in [5.74, 6) is 1.91. The van der Waals surface area contributed by atoms with Crippen LogP contribution >= 0.6 is 0 Å². The molecule has 4 aromatic carbocycles. The summed E-state index contributed by atoms with van der Waals surface area (Å²) >= 11 is 0. The summed E-state index contributed by atoms with van der Waals surface area (Å²) < 4.78 is 2.18. The molecule has 5 nitrogen and oxygen atoms in total. The first-order valence-electron chi connectivity index (χ1n) is 11.6. The minimum atomic E-state index is 0.607. The van der Waals surface area contributed by atoms with E-state index in [1.807, 2.05) is 66.9 Å². The Labute approximate surface area is 201 Å². The van der Waals surface area contributed by atoms with Crippen LogP contribution in [0.4, 0.5) is 0 Å². The van der Waals surface area contributed by atoms with E-state index >= 15 is 0 Å². The molecular formula is C30H21N5. The SMILES string of the molecule is Cc1ccc2c(c1)c1ccc3[nH]ccc3c1n2-c1nc(-c2ccccc2)nc(-c2ccccc2)n1. The summed E-state index contributed by atoms with van der Waals surface area (Å²) in [7, 11) is 0. The summed E-state index contributed by atoms with van der Waals surface area (Å²) in [5.41, 5.74) is 6.38. The van der Waals surface area contributed by atoms with Crippen molar-refractivity contribution in [3.8, 4) is 28.7 Å². The average Bonchev–Trinajstić information content (AvgIpc) is 3.52. The van der Waals surface area contributed by atoms with Crippen molar-refractivity contribution in [1.29, 1.82) is 0 Å². The van der Waals surface area contributed by atoms with Gasteiger partial charge in [-0.1, -0.05) is 78.4 Å². The molecule has 0 amide bonds. The minimum Gasteiger partial charge on any atom is -0.361 e. The molecule has 166 valence electrons. The van der Waals surface area contributed by atoms with E-state index in [-0.39, 0.29) is 0 Å². The Bertz CT molecular complexity index is 1790. The van der Waals surface area contributed by atoms with Crippen molar-refractivity contribution >= 4 is 32.7 Å². The van der Waals surface area contributed by atoms with Gasteiger partial charge in [0.25, 0.3) is 0 Å². The molecule has 0 spiro atoms. The molecule has 0 aliphatic rings. The van der Waals surface area contributed by atoms with Gasteiger partial charge < -0.3 is 4.98 Å². The van der Waals surface area contributed by atoms with Gasteiger partial charge >= 0.3 is 0 Å². The molecule has 35 heavy (non-hydrogen) atoms. The predicted molar refractivity (Wildman–Crippen MR) is 142 cm³/mol. The Balaban J connectivity index is 1.62. The Morgan fingerprint density at radius 3 is 2.00 bits per heavy atom. The number of aromatic nitrogens is 5. The smallest absolute Gasteiger partial charge is 0.238 e. The second-order valence-electron chi connectivity index (χ2n) is 8.77. The first kappa shape index (κ1) is 19.7. The lowest BCUT2D eigenvalue weighted by Gasteiger charge is -2.11. The lowest BCUT2D eigenvalue weighted by molar-refractivity contribution is 0.955. The zero-order chi connectivity index (χ0) is 23.4. The van der Waals surface area contributed by atoms with Crippen LogP contribution < -0.4 is 0 Å². The summed E-state index contributed by atoms with van der Waals surface area (Å²) in [4.78, 5) is 18.3. The molecule has 5 heteroatoms. The molecule has 0 saturated carbocycles. The van der Waals surface area contributed by atoms with Gasteiger partial charge in [0.1, 0.15) is 0 Å². The Hall–Kier alpha value is -4.77. The van der Waals surface area contributed by atoms with E-state index in [9.17, 15) is 0 Å². The summed E-state index contributed by atoms with van der Waals surface area (Å²) in [6.07, 6.45) is 1.98. The van der Waals surface area contributed by atoms with Crippen LogP contribution in [0.25, 0.3) is 61.4 Å². The van der Waals surface area contributed by atoms with Gasteiger partial charge in [-0.2, -0.15) is 9.97 Å². The van der Waals surface area contributed by atoms with E-state index < -0.39 is 0 Å². The Kier molecular flexibility index (Phi) is 4.29. The fourth-order valence-corrected chi connectivity index (χ4v) is 4.86. The van der Waals surface area contributed by atoms with Gasteiger partial charge in [-0.05, 0) is 31.2 Å². The van der Waals surface area contributed by atoms with Crippen molar-refractivity contribution in [3.05, 3.63) is 109 Å². The highest BCUT2D eigenvalue weighted by Gasteiger charge is 2.19. The molecule has 3 aromatic heterocycles. The number of nitrogens with one attached hydrogen (secondary N) is 1. The first-order valence-corrected chi connectivity index (χ1v) is 11.6. The monoisotopic (exact) mass is 451 g/mol. The van der Waals surface area contributed by atoms with Crippen molar-refractivity contribution in [2.45, 2.75) is 6.92 Å². The van der Waals surface area contributed by atoms with Crippen LogP contribution in [0, 0.1) is 6.92 Å². The van der Waals surface area contributed by atoms with Crippen LogP contribution in [0.5, 0.6) is 0 Å². The zero-order valence-corrected chi connectivity index (χ0v) is 19.1. The fraction of sp³-hybridized carbons (Fsp3) is 0.0333. The summed E-state index contributed by atoms with van der Waals surface area (Å²) in [6, 6.07) is 33.2. The predicted octanol–water partition coefficient (Wildman–Crippen LogP) is 7.09. The summed E-state index contributed by atoms with van der Waals surface area (Å²) in [5, 5.41) is 3.50. The Morgan fingerprint density at radius 2 is 1.31 bits per heavy atom. The third kappa shape index (κ3) is 3.13. The largest absolute Gasteiger partial charge is 0.361 e. The van der Waals surface area contributed by atoms with Crippen molar-refractivity contribution in [3.63, 3.8) is 0 Å². The third-order valence-electron chi connectivity index (χ3n) is 6.50. The van der Waals surface area contributed by atoms with Gasteiger partial charge in [-0.3, -0.25) is 4.57 Å². The average molecular weight is 452 g/mol. The Morgan fingerprint density at radius 1 is 0.629 bits per heavy atom. The number of rotatable bonds is 3. The van der Waals surface area contributed by atoms with Crippen LogP contribution in [0.1, 0.15) is 5.56 Å². The molecule has 3 heterocycles. The number of aryl methyl sites for hydroxylation is 1. The third-order valence-corrected chi connectivity index (χ3v) is 6.50. The van der Waals surface area contributed by atoms with Gasteiger partial charge in [0.15, 0.2) is 11.6 Å². The normalized spacial score (nSPS) is 11.6. The fourth-order valence-electron chi connectivity index (χ4n) is 4.86. The van der Waals surface area contributed by atoms with E-state index in [0.717, 1.165) is 33.1 Å². The molecule has 0 unspecified atom stereocenters. The number of hydrogen-bond acceptors (Lipinski definition) is 3. The van der Waals surface area contributed by atoms with Gasteiger partial charge in [0.2, 0.25) is 5.95 Å². The highest BCUT2D eigenvalue weighted by Crippen LogP contribution is 2.36. The van der Waals surface area contributed by atoms with Gasteiger partial charge in [0, 0.05) is 39.0 Å². The van der Waals surface area contributed by atoms with Gasteiger partial charge in [0.05, 0.1) is 11.0 Å². The maximum Gasteiger partial charge on any atom is 0.238 e. The second-order valence-corrected chi connectivity index (χ2v) is 8.77. The van der Waals surface area contributed by atoms with Crippen LogP contribution in [0.3, 0.4) is 0 Å². The number of benzene rings is 4. The molecule has 0 aliphatic heterocycles. The molecule has 1 N–H and O–H groups in total. The second kappa shape index (κ2) is 7.64. The first-order chi connectivity index (χ1) is 17.3.